The zero-order valence-electron chi connectivity index (χ0n) is 29.2. The van der Waals surface area contributed by atoms with E-state index < -0.39 is 11.7 Å². The van der Waals surface area contributed by atoms with Crippen LogP contribution in [0.15, 0.2) is 191 Å². The molecule has 0 aliphatic rings. The summed E-state index contributed by atoms with van der Waals surface area (Å²) in [5.41, 5.74) is 11.2. The lowest BCUT2D eigenvalue weighted by atomic mass is 10.00. The van der Waals surface area contributed by atoms with Crippen LogP contribution in [0.2, 0.25) is 0 Å². The summed E-state index contributed by atoms with van der Waals surface area (Å²) in [6.45, 7) is 0. The largest absolute Gasteiger partial charge is 0.456 e. The molecule has 0 amide bonds. The number of benzene rings is 8. The number of para-hydroxylation sites is 3. The van der Waals surface area contributed by atoms with E-state index in [1.807, 2.05) is 66.7 Å². The maximum Gasteiger partial charge on any atom is 0.416 e. The van der Waals surface area contributed by atoms with E-state index in [1.165, 1.54) is 12.1 Å². The van der Waals surface area contributed by atoms with Gasteiger partial charge in [-0.1, -0.05) is 109 Å². The van der Waals surface area contributed by atoms with Crippen molar-refractivity contribution in [3.05, 3.63) is 188 Å². The summed E-state index contributed by atoms with van der Waals surface area (Å²) >= 11 is 0. The third kappa shape index (κ3) is 5.79. The number of hydrogen-bond donors (Lipinski definition) is 0. The van der Waals surface area contributed by atoms with Crippen molar-refractivity contribution in [3.63, 3.8) is 0 Å². The minimum atomic E-state index is -4.39. The van der Waals surface area contributed by atoms with Gasteiger partial charge in [-0.25, -0.2) is 0 Å². The smallest absolute Gasteiger partial charge is 0.416 e. The molecule has 6 heteroatoms. The number of nitrogens with zero attached hydrogens (tertiary/aromatic N) is 1. The van der Waals surface area contributed by atoms with Gasteiger partial charge in [-0.3, -0.25) is 0 Å². The molecule has 0 unspecified atom stereocenters. The van der Waals surface area contributed by atoms with Crippen LogP contribution >= 0.6 is 0 Å². The first-order valence-electron chi connectivity index (χ1n) is 18.0. The van der Waals surface area contributed by atoms with Gasteiger partial charge < -0.3 is 13.7 Å². The van der Waals surface area contributed by atoms with Crippen molar-refractivity contribution in [2.75, 3.05) is 4.90 Å². The van der Waals surface area contributed by atoms with E-state index in [0.29, 0.717) is 5.56 Å². The van der Waals surface area contributed by atoms with Gasteiger partial charge in [0.1, 0.15) is 22.3 Å². The monoisotopic (exact) mass is 721 g/mol. The maximum atomic E-state index is 13.3. The molecular weight excluding hydrogens is 692 g/mol. The topological polar surface area (TPSA) is 29.5 Å². The molecule has 3 nitrogen and oxygen atoms in total. The molecule has 0 N–H and O–H groups in total. The molecule has 0 bridgehead atoms. The summed E-state index contributed by atoms with van der Waals surface area (Å²) < 4.78 is 52.2. The zero-order valence-corrected chi connectivity index (χ0v) is 29.2. The van der Waals surface area contributed by atoms with Crippen LogP contribution in [0.4, 0.5) is 30.2 Å². The molecule has 0 spiro atoms. The highest BCUT2D eigenvalue weighted by Gasteiger charge is 2.30. The van der Waals surface area contributed by atoms with Gasteiger partial charge in [-0.15, -0.1) is 0 Å². The van der Waals surface area contributed by atoms with Gasteiger partial charge >= 0.3 is 6.18 Å². The van der Waals surface area contributed by atoms with E-state index in [4.69, 9.17) is 8.83 Å². The van der Waals surface area contributed by atoms with Crippen LogP contribution in [0.3, 0.4) is 0 Å². The van der Waals surface area contributed by atoms with Crippen molar-refractivity contribution in [1.82, 2.24) is 0 Å². The van der Waals surface area contributed by atoms with Gasteiger partial charge in [0.25, 0.3) is 0 Å². The van der Waals surface area contributed by atoms with Crippen molar-refractivity contribution in [3.8, 4) is 33.4 Å². The first-order chi connectivity index (χ1) is 26.9. The van der Waals surface area contributed by atoms with Crippen LogP contribution in [0.1, 0.15) is 5.56 Å². The maximum absolute atomic E-state index is 13.3. The van der Waals surface area contributed by atoms with E-state index in [2.05, 4.69) is 95.9 Å². The van der Waals surface area contributed by atoms with Crippen LogP contribution in [0.25, 0.3) is 77.3 Å². The Balaban J connectivity index is 1.06. The second-order valence-electron chi connectivity index (χ2n) is 13.6. The second kappa shape index (κ2) is 12.8. The fourth-order valence-corrected chi connectivity index (χ4v) is 7.60. The molecule has 2 heterocycles. The highest BCUT2D eigenvalue weighted by molar-refractivity contribution is 6.09. The number of furan rings is 2. The molecule has 0 saturated heterocycles. The van der Waals surface area contributed by atoms with E-state index >= 15 is 0 Å². The van der Waals surface area contributed by atoms with Crippen molar-refractivity contribution in [2.24, 2.45) is 0 Å². The summed E-state index contributed by atoms with van der Waals surface area (Å²) in [5.74, 6) is 0. The van der Waals surface area contributed by atoms with Gasteiger partial charge in [-0.2, -0.15) is 13.2 Å². The molecule has 0 aliphatic heterocycles. The summed E-state index contributed by atoms with van der Waals surface area (Å²) in [6.07, 6.45) is -4.39. The Morgan fingerprint density at radius 1 is 0.364 bits per heavy atom. The standard InChI is InChI=1S/C49H30F3NO2/c50-49(51,52)36-22-15-31(16-23-36)32-17-24-37(25-18-32)53(38-26-19-33(20-27-38)40-11-6-12-43-41-9-1-4-14-46(41)55-48(40)43)39-8-5-7-34(29-39)35-21-28-47-44(30-35)42-10-2-3-13-45(42)54-47/h1-30H. The van der Waals surface area contributed by atoms with Crippen LogP contribution in [0, 0.1) is 0 Å². The molecule has 55 heavy (non-hydrogen) atoms. The third-order valence-electron chi connectivity index (χ3n) is 10.3. The number of alkyl halides is 3. The molecule has 10 aromatic rings. The van der Waals surface area contributed by atoms with E-state index in [1.54, 1.807) is 0 Å². The van der Waals surface area contributed by atoms with Crippen molar-refractivity contribution in [2.45, 2.75) is 6.18 Å². The number of hydrogen-bond acceptors (Lipinski definition) is 3. The lowest BCUT2D eigenvalue weighted by molar-refractivity contribution is -0.137. The molecule has 264 valence electrons. The summed E-state index contributed by atoms with van der Waals surface area (Å²) in [6, 6.07) is 58.7. The predicted molar refractivity (Wildman–Crippen MR) is 217 cm³/mol. The molecule has 0 atom stereocenters. The molecule has 0 fully saturated rings. The number of rotatable bonds is 6. The molecule has 0 aliphatic carbocycles. The summed E-state index contributed by atoms with van der Waals surface area (Å²) in [7, 11) is 0. The Morgan fingerprint density at radius 3 is 1.58 bits per heavy atom. The quantitative estimate of drug-likeness (QED) is 0.171. The highest BCUT2D eigenvalue weighted by Crippen LogP contribution is 2.41. The van der Waals surface area contributed by atoms with E-state index in [9.17, 15) is 13.2 Å². The fraction of sp³-hybridized carbons (Fsp3) is 0.0204. The molecule has 10 rings (SSSR count). The molecular formula is C49H30F3NO2. The second-order valence-corrected chi connectivity index (χ2v) is 13.6. The van der Waals surface area contributed by atoms with Crippen molar-refractivity contribution >= 4 is 60.9 Å². The van der Waals surface area contributed by atoms with Gasteiger partial charge in [0, 0.05) is 44.2 Å². The number of halogens is 3. The lowest BCUT2D eigenvalue weighted by Gasteiger charge is -2.26. The van der Waals surface area contributed by atoms with Crippen LogP contribution < -0.4 is 4.90 Å². The Labute approximate surface area is 314 Å². The van der Waals surface area contributed by atoms with Crippen molar-refractivity contribution in [1.29, 1.82) is 0 Å². The SMILES string of the molecule is FC(F)(F)c1ccc(-c2ccc(N(c3ccc(-c4cccc5c4oc4ccccc45)cc3)c3cccc(-c4ccc5oc6ccccc6c5c4)c3)cc2)cc1. The fourth-order valence-electron chi connectivity index (χ4n) is 7.60. The zero-order chi connectivity index (χ0) is 37.1. The molecule has 0 saturated carbocycles. The first-order valence-corrected chi connectivity index (χ1v) is 18.0. The van der Waals surface area contributed by atoms with Crippen molar-refractivity contribution < 1.29 is 22.0 Å². The van der Waals surface area contributed by atoms with Gasteiger partial charge in [-0.05, 0) is 101 Å². The van der Waals surface area contributed by atoms with Crippen LogP contribution in [-0.4, -0.2) is 0 Å². The first kappa shape index (κ1) is 32.6. The minimum Gasteiger partial charge on any atom is -0.456 e. The minimum absolute atomic E-state index is 0.668. The van der Waals surface area contributed by atoms with Gasteiger partial charge in [0.2, 0.25) is 0 Å². The Morgan fingerprint density at radius 2 is 0.891 bits per heavy atom. The van der Waals surface area contributed by atoms with Crippen LogP contribution in [-0.2, 0) is 6.18 Å². The molecule has 2 aromatic heterocycles. The third-order valence-corrected chi connectivity index (χ3v) is 10.3. The highest BCUT2D eigenvalue weighted by atomic mass is 19.4. The van der Waals surface area contributed by atoms with Gasteiger partial charge in [0.05, 0.1) is 5.56 Å². The summed E-state index contributed by atoms with van der Waals surface area (Å²) in [4.78, 5) is 2.19. The molecule has 8 aromatic carbocycles. The Kier molecular flexibility index (Phi) is 7.59. The number of fused-ring (bicyclic) bond motifs is 6. The van der Waals surface area contributed by atoms with Crippen LogP contribution in [0.5, 0.6) is 0 Å². The predicted octanol–water partition coefficient (Wildman–Crippen LogP) is 15.0. The van der Waals surface area contributed by atoms with E-state index in [-0.39, 0.29) is 0 Å². The average molecular weight is 722 g/mol. The average Bonchev–Trinajstić information content (AvgIpc) is 3.80. The normalized spacial score (nSPS) is 11.9. The lowest BCUT2D eigenvalue weighted by Crippen LogP contribution is -2.10. The van der Waals surface area contributed by atoms with Gasteiger partial charge in [0.15, 0.2) is 0 Å². The molecule has 0 radical (unpaired) electrons. The Hall–Kier alpha value is -7.05. The Bertz CT molecular complexity index is 3010. The summed E-state index contributed by atoms with van der Waals surface area (Å²) in [5, 5.41) is 4.29. The van der Waals surface area contributed by atoms with E-state index in [0.717, 1.165) is 101 Å². The number of anilines is 3.